The van der Waals surface area contributed by atoms with Gasteiger partial charge < -0.3 is 14.2 Å². The number of halogens is 1. The number of esters is 1. The quantitative estimate of drug-likeness (QED) is 0.501. The first kappa shape index (κ1) is 23.4. The standard InChI is InChI=1S/C26H23ClN2O5S/c1-14(2)34-25(31)22-15(3)28-26-29(23(22)17-5-7-18(27)8-6-17)24(30)21(35-26)13-16-4-9-19-20(12-16)33-11-10-32-19/h4-9,12-14,23H,10-11H2,1-3H3/t23-/m0/s1. The zero-order valence-electron chi connectivity index (χ0n) is 19.4. The number of carbonyl (C=O) groups is 1. The van der Waals surface area contributed by atoms with Crippen molar-refractivity contribution in [1.29, 1.82) is 0 Å². The molecule has 0 saturated heterocycles. The molecular weight excluding hydrogens is 488 g/mol. The molecule has 0 N–H and O–H groups in total. The summed E-state index contributed by atoms with van der Waals surface area (Å²) in [6.45, 7) is 6.32. The molecule has 3 aromatic rings. The Morgan fingerprint density at radius 3 is 2.60 bits per heavy atom. The van der Waals surface area contributed by atoms with E-state index in [1.807, 2.05) is 30.3 Å². The highest BCUT2D eigenvalue weighted by atomic mass is 35.5. The first-order chi connectivity index (χ1) is 16.8. The second-order valence-corrected chi connectivity index (χ2v) is 9.94. The predicted octanol–water partition coefficient (Wildman–Crippen LogP) is 3.61. The van der Waals surface area contributed by atoms with Crippen LogP contribution in [0.15, 0.2) is 63.5 Å². The molecule has 1 aromatic heterocycles. The van der Waals surface area contributed by atoms with Gasteiger partial charge in [-0.25, -0.2) is 9.79 Å². The predicted molar refractivity (Wildman–Crippen MR) is 134 cm³/mol. The second-order valence-electron chi connectivity index (χ2n) is 8.49. The molecule has 5 rings (SSSR count). The fourth-order valence-corrected chi connectivity index (χ4v) is 5.29. The zero-order chi connectivity index (χ0) is 24.7. The van der Waals surface area contributed by atoms with E-state index in [0.29, 0.717) is 50.3 Å². The Labute approximate surface area is 210 Å². The molecule has 3 heterocycles. The van der Waals surface area contributed by atoms with Crippen LogP contribution in [0.25, 0.3) is 6.08 Å². The maximum Gasteiger partial charge on any atom is 0.338 e. The molecule has 2 aliphatic heterocycles. The van der Waals surface area contributed by atoms with Gasteiger partial charge in [-0.15, -0.1) is 0 Å². The monoisotopic (exact) mass is 510 g/mol. The summed E-state index contributed by atoms with van der Waals surface area (Å²) in [5.74, 6) is 0.829. The van der Waals surface area contributed by atoms with E-state index in [-0.39, 0.29) is 11.7 Å². The number of allylic oxidation sites excluding steroid dienone is 1. The smallest absolute Gasteiger partial charge is 0.338 e. The van der Waals surface area contributed by atoms with E-state index in [4.69, 9.17) is 25.8 Å². The number of hydrogen-bond acceptors (Lipinski definition) is 7. The van der Waals surface area contributed by atoms with Crippen molar-refractivity contribution in [3.8, 4) is 11.5 Å². The molecule has 0 radical (unpaired) electrons. The molecule has 0 bridgehead atoms. The van der Waals surface area contributed by atoms with Crippen LogP contribution < -0.4 is 24.4 Å². The Kier molecular flexibility index (Phi) is 6.25. The number of hydrogen-bond donors (Lipinski definition) is 0. The van der Waals surface area contributed by atoms with Crippen molar-refractivity contribution in [2.24, 2.45) is 4.99 Å². The third kappa shape index (κ3) is 4.51. The Bertz CT molecular complexity index is 1520. The van der Waals surface area contributed by atoms with Crippen LogP contribution in [0.2, 0.25) is 5.02 Å². The van der Waals surface area contributed by atoms with Crippen LogP contribution in [-0.4, -0.2) is 29.9 Å². The van der Waals surface area contributed by atoms with E-state index < -0.39 is 12.0 Å². The number of carbonyl (C=O) groups excluding carboxylic acids is 1. The summed E-state index contributed by atoms with van der Waals surface area (Å²) in [6.07, 6.45) is 1.49. The molecule has 180 valence electrons. The minimum Gasteiger partial charge on any atom is -0.486 e. The van der Waals surface area contributed by atoms with Crippen molar-refractivity contribution in [2.45, 2.75) is 32.9 Å². The number of rotatable bonds is 4. The lowest BCUT2D eigenvalue weighted by molar-refractivity contribution is -0.143. The van der Waals surface area contributed by atoms with Crippen LogP contribution >= 0.6 is 22.9 Å². The molecule has 0 fully saturated rings. The van der Waals surface area contributed by atoms with Crippen molar-refractivity contribution >= 4 is 35.0 Å². The van der Waals surface area contributed by atoms with E-state index in [2.05, 4.69) is 4.99 Å². The van der Waals surface area contributed by atoms with Crippen molar-refractivity contribution < 1.29 is 19.0 Å². The number of ether oxygens (including phenoxy) is 3. The Morgan fingerprint density at radius 2 is 1.89 bits per heavy atom. The number of fused-ring (bicyclic) bond motifs is 2. The molecule has 1 atom stereocenters. The fraction of sp³-hybridized carbons (Fsp3) is 0.269. The van der Waals surface area contributed by atoms with Crippen molar-refractivity contribution in [2.75, 3.05) is 13.2 Å². The number of aromatic nitrogens is 1. The average molecular weight is 511 g/mol. The highest BCUT2D eigenvalue weighted by Crippen LogP contribution is 2.32. The average Bonchev–Trinajstić information content (AvgIpc) is 3.12. The zero-order valence-corrected chi connectivity index (χ0v) is 21.0. The lowest BCUT2D eigenvalue weighted by Gasteiger charge is -2.25. The van der Waals surface area contributed by atoms with E-state index >= 15 is 0 Å². The summed E-state index contributed by atoms with van der Waals surface area (Å²) in [5, 5.41) is 0.562. The molecule has 2 aliphatic rings. The largest absolute Gasteiger partial charge is 0.486 e. The summed E-state index contributed by atoms with van der Waals surface area (Å²) in [4.78, 5) is 31.9. The summed E-state index contributed by atoms with van der Waals surface area (Å²) in [5.41, 5.74) is 2.15. The van der Waals surface area contributed by atoms with Gasteiger partial charge in [-0.2, -0.15) is 0 Å². The van der Waals surface area contributed by atoms with Gasteiger partial charge in [0.2, 0.25) is 0 Å². The van der Waals surface area contributed by atoms with Gasteiger partial charge in [0, 0.05) is 5.02 Å². The minimum atomic E-state index is -0.683. The van der Waals surface area contributed by atoms with E-state index in [9.17, 15) is 9.59 Å². The highest BCUT2D eigenvalue weighted by Gasteiger charge is 2.33. The third-order valence-corrected chi connectivity index (χ3v) is 6.87. The first-order valence-corrected chi connectivity index (χ1v) is 12.4. The maximum atomic E-state index is 13.7. The fourth-order valence-electron chi connectivity index (χ4n) is 4.12. The first-order valence-electron chi connectivity index (χ1n) is 11.2. The third-order valence-electron chi connectivity index (χ3n) is 5.63. The minimum absolute atomic E-state index is 0.245. The molecular formula is C26H23ClN2O5S. The topological polar surface area (TPSA) is 79.1 Å². The van der Waals surface area contributed by atoms with E-state index in [1.165, 1.54) is 11.3 Å². The van der Waals surface area contributed by atoms with Crippen molar-refractivity contribution in [1.82, 2.24) is 4.57 Å². The van der Waals surface area contributed by atoms with E-state index in [1.54, 1.807) is 43.5 Å². The Morgan fingerprint density at radius 1 is 1.17 bits per heavy atom. The van der Waals surface area contributed by atoms with Crippen LogP contribution in [0.4, 0.5) is 0 Å². The van der Waals surface area contributed by atoms with Crippen LogP contribution in [-0.2, 0) is 9.53 Å². The van der Waals surface area contributed by atoms with Gasteiger partial charge in [0.1, 0.15) is 13.2 Å². The summed E-state index contributed by atoms with van der Waals surface area (Å²) < 4.78 is 18.8. The van der Waals surface area contributed by atoms with Gasteiger partial charge in [0.25, 0.3) is 5.56 Å². The number of thiazole rings is 1. The normalized spacial score (nSPS) is 17.3. The summed E-state index contributed by atoms with van der Waals surface area (Å²) >= 11 is 7.38. The lowest BCUT2D eigenvalue weighted by atomic mass is 9.96. The van der Waals surface area contributed by atoms with E-state index in [0.717, 1.165) is 11.1 Å². The van der Waals surface area contributed by atoms with Crippen LogP contribution in [0, 0.1) is 0 Å². The molecule has 0 amide bonds. The molecule has 0 aliphatic carbocycles. The highest BCUT2D eigenvalue weighted by molar-refractivity contribution is 7.07. The SMILES string of the molecule is CC1=C(C(=O)OC(C)C)[C@H](c2ccc(Cl)cc2)n2c(sc(=Cc3ccc4c(c3)OCCO4)c2=O)=N1. The molecule has 0 saturated carbocycles. The van der Waals surface area contributed by atoms with Gasteiger partial charge in [-0.1, -0.05) is 41.1 Å². The van der Waals surface area contributed by atoms with Gasteiger partial charge in [-0.05, 0) is 62.2 Å². The molecule has 35 heavy (non-hydrogen) atoms. The van der Waals surface area contributed by atoms with Gasteiger partial charge in [0.15, 0.2) is 16.3 Å². The Hall–Kier alpha value is -3.36. The Balaban J connectivity index is 1.67. The van der Waals surface area contributed by atoms with Crippen molar-refractivity contribution in [3.05, 3.63) is 89.6 Å². The molecule has 0 spiro atoms. The summed E-state index contributed by atoms with van der Waals surface area (Å²) in [7, 11) is 0. The maximum absolute atomic E-state index is 13.7. The van der Waals surface area contributed by atoms with Crippen LogP contribution in [0.3, 0.4) is 0 Å². The van der Waals surface area contributed by atoms with Gasteiger partial charge in [0.05, 0.1) is 27.9 Å². The van der Waals surface area contributed by atoms with Crippen LogP contribution in [0.1, 0.15) is 37.9 Å². The van der Waals surface area contributed by atoms with Crippen molar-refractivity contribution in [3.63, 3.8) is 0 Å². The molecule has 7 nitrogen and oxygen atoms in total. The van der Waals surface area contributed by atoms with Crippen LogP contribution in [0.5, 0.6) is 11.5 Å². The summed E-state index contributed by atoms with van der Waals surface area (Å²) in [6, 6.07) is 12.0. The van der Waals surface area contributed by atoms with Gasteiger partial charge in [-0.3, -0.25) is 9.36 Å². The second kappa shape index (κ2) is 9.36. The number of nitrogens with zero attached hydrogens (tertiary/aromatic N) is 2. The molecule has 9 heteroatoms. The lowest BCUT2D eigenvalue weighted by Crippen LogP contribution is -2.40. The number of benzene rings is 2. The van der Waals surface area contributed by atoms with Gasteiger partial charge >= 0.3 is 5.97 Å². The molecule has 0 unspecified atom stereocenters. The molecule has 2 aromatic carbocycles.